The highest BCUT2D eigenvalue weighted by Gasteiger charge is 2.14. The van der Waals surface area contributed by atoms with Crippen LogP contribution in [0, 0.1) is 36.6 Å². The molecule has 0 fully saturated rings. The first-order valence-corrected chi connectivity index (χ1v) is 41.3. The van der Waals surface area contributed by atoms with Crippen molar-refractivity contribution in [3.63, 3.8) is 0 Å². The van der Waals surface area contributed by atoms with Gasteiger partial charge in [-0.05, 0) is 131 Å². The molecule has 26 heteroatoms. The van der Waals surface area contributed by atoms with Crippen molar-refractivity contribution in [3.05, 3.63) is 192 Å². The van der Waals surface area contributed by atoms with E-state index in [2.05, 4.69) is 147 Å². The van der Waals surface area contributed by atoms with Gasteiger partial charge < -0.3 is 121 Å². The molecular formula is C91H176N8O17S. The van der Waals surface area contributed by atoms with Crippen LogP contribution in [0.25, 0.3) is 0 Å². The molecule has 6 rings (SSSR count). The normalized spacial score (nSPS) is 9.77. The number of aromatic hydroxyl groups is 1. The molecule has 6 aromatic rings. The highest BCUT2D eigenvalue weighted by Crippen LogP contribution is 2.24. The van der Waals surface area contributed by atoms with Gasteiger partial charge in [-0.2, -0.15) is 0 Å². The van der Waals surface area contributed by atoms with Crippen molar-refractivity contribution in [3.8, 4) is 28.7 Å². The SMILES string of the molecule is CCC.CCCOC.CCN(C)C.CCN(CC)CC.CCO.CC[N+](C)(C)CCOC.CC[N+](C)(C)CCOC.CC[n+]1ccc(OCCOC)cc1.CC[n+]1ccc(OCCOC)cc1.CCc1ccc(OCCOC)cc1O.COCCOc1ccncc1.COCCS(=O)(=O)c1ccc(C)cc1.O=c1cc[nH]cc1.[CH3-].[CH3-].[CH3-].[CH3-]. The van der Waals surface area contributed by atoms with Crippen molar-refractivity contribution >= 4 is 9.84 Å². The van der Waals surface area contributed by atoms with Crippen LogP contribution in [0.1, 0.15) is 114 Å². The number of nitrogens with zero attached hydrogens (tertiary/aromatic N) is 7. The number of aliphatic hydroxyl groups is 1. The average molecular weight is 1690 g/mol. The predicted octanol–water partition coefficient (Wildman–Crippen LogP) is 14.5. The van der Waals surface area contributed by atoms with Gasteiger partial charge in [0.2, 0.25) is 0 Å². The molecule has 0 aliphatic heterocycles. The molecule has 3 N–H and O–H groups in total. The summed E-state index contributed by atoms with van der Waals surface area (Å²) in [6.07, 6.45) is 17.8. The quantitative estimate of drug-likeness (QED) is 0.0142. The van der Waals surface area contributed by atoms with E-state index in [1.54, 1.807) is 112 Å². The summed E-state index contributed by atoms with van der Waals surface area (Å²) in [5.41, 5.74) is 2.03. The van der Waals surface area contributed by atoms with E-state index < -0.39 is 9.84 Å². The Balaban J connectivity index is -0.000000118. The standard InChI is InChI=1S/C11H16O3.2C10H16NO2.C10H14O3S.C8H11NO2.2C7H18NO.C6H15N.C5H5NO.C4H11N.C4H10O.C3H8.C2H6O.4CH3/c1-3-9-4-5-10(8-11(9)12)14-7-6-13-2;2*1-3-11-6-4-10(5-7-11)13-9-8-12-2;1-9-3-5-10(6-4-9)14(11,12)8-7-13-2;1-10-6-7-11-8-2-4-9-5-3-8;2*1-5-8(2,3)6-7-9-4;1-4-7(5-2)6-3;7-5-1-3-6-4-2-5;1-4-5(2)3;1-3-4-5-2;1-3-2;1-2-3;;;;/h4-5,8,12H,3,6-7H2,1-2H3;2*4-7H,3,8-9H2,1-2H3;3-6H,7-8H2,1-2H3;2-5H,6-7H2,1H3;2*5-7H2,1-4H3;4-6H2,1-3H3;1-4H,(H,6,7);4H2,1-3H3;3-4H2,1-2H3;3H2,1-2H3;3H,2H2,1H3;4*1H3/q;2*+1;;;2*+1;;;;;;;4*-1. The predicted molar refractivity (Wildman–Crippen MR) is 491 cm³/mol. The van der Waals surface area contributed by atoms with Gasteiger partial charge >= 0.3 is 0 Å². The molecule has 25 nitrogen and oxygen atoms in total. The Morgan fingerprint density at radius 1 is 0.453 bits per heavy atom. The first-order chi connectivity index (χ1) is 54.0. The molecule has 688 valence electrons. The van der Waals surface area contributed by atoms with Gasteiger partial charge in [0, 0.05) is 137 Å². The third-order valence-electron chi connectivity index (χ3n) is 15.3. The van der Waals surface area contributed by atoms with Gasteiger partial charge in [0.05, 0.1) is 98.2 Å². The lowest BCUT2D eigenvalue weighted by Crippen LogP contribution is -2.41. The Bertz CT molecular complexity index is 2930. The molecule has 117 heavy (non-hydrogen) atoms. The van der Waals surface area contributed by atoms with Crippen molar-refractivity contribution in [2.24, 2.45) is 0 Å². The van der Waals surface area contributed by atoms with Gasteiger partial charge in [0.15, 0.2) is 40.1 Å². The van der Waals surface area contributed by atoms with Crippen molar-refractivity contribution in [1.82, 2.24) is 19.8 Å². The highest BCUT2D eigenvalue weighted by atomic mass is 32.2. The number of aromatic amines is 1. The maximum Gasteiger partial charge on any atom is 0.181 e. The fraction of sp³-hybridized carbons (Fsp3) is 0.604. The zero-order valence-corrected chi connectivity index (χ0v) is 80.7. The second-order valence-electron chi connectivity index (χ2n) is 25.7. The fourth-order valence-corrected chi connectivity index (χ4v) is 8.31. The van der Waals surface area contributed by atoms with Gasteiger partial charge in [0.1, 0.15) is 81.4 Å². The summed E-state index contributed by atoms with van der Waals surface area (Å²) in [4.78, 5) is 21.7. The van der Waals surface area contributed by atoms with E-state index >= 15 is 0 Å². The number of H-pyrrole nitrogens is 1. The van der Waals surface area contributed by atoms with E-state index in [1.165, 1.54) is 58.4 Å². The van der Waals surface area contributed by atoms with Crippen LogP contribution in [-0.4, -0.2) is 291 Å². The molecule has 0 bridgehead atoms. The number of phenols is 1. The number of hydrogen-bond donors (Lipinski definition) is 3. The van der Waals surface area contributed by atoms with Crippen LogP contribution in [0.2, 0.25) is 0 Å². The smallest absolute Gasteiger partial charge is 0.181 e. The van der Waals surface area contributed by atoms with Gasteiger partial charge in [-0.25, -0.2) is 17.6 Å². The van der Waals surface area contributed by atoms with E-state index in [1.807, 2.05) is 87.2 Å². The summed E-state index contributed by atoms with van der Waals surface area (Å²) < 4.78 is 89.7. The summed E-state index contributed by atoms with van der Waals surface area (Å²) in [5, 5.41) is 17.1. The molecule has 4 heterocycles. The molecule has 0 atom stereocenters. The lowest BCUT2D eigenvalue weighted by atomic mass is 10.1. The van der Waals surface area contributed by atoms with Crippen LogP contribution in [-0.2, 0) is 67.2 Å². The van der Waals surface area contributed by atoms with E-state index in [4.69, 9.17) is 61.9 Å². The van der Waals surface area contributed by atoms with E-state index in [0.717, 1.165) is 103 Å². The first-order valence-electron chi connectivity index (χ1n) is 39.7. The van der Waals surface area contributed by atoms with Crippen LogP contribution in [0.5, 0.6) is 28.7 Å². The molecule has 0 aliphatic rings. The summed E-state index contributed by atoms with van der Waals surface area (Å²) >= 11 is 0. The van der Waals surface area contributed by atoms with Crippen LogP contribution in [0.4, 0.5) is 0 Å². The number of pyridine rings is 4. The minimum atomic E-state index is -3.16. The molecule has 0 aliphatic carbocycles. The Labute approximate surface area is 717 Å². The fourth-order valence-electron chi connectivity index (χ4n) is 7.14. The number of phenolic OH excluding ortho intramolecular Hbond substituents is 1. The second-order valence-corrected chi connectivity index (χ2v) is 27.9. The molecule has 0 spiro atoms. The lowest BCUT2D eigenvalue weighted by molar-refractivity contribution is -0.888. The molecule has 4 aromatic heterocycles. The van der Waals surface area contributed by atoms with Crippen molar-refractivity contribution in [2.45, 2.75) is 134 Å². The lowest BCUT2D eigenvalue weighted by Gasteiger charge is -2.27. The number of nitrogens with one attached hydrogen (secondary N) is 1. The van der Waals surface area contributed by atoms with Gasteiger partial charge in [0.25, 0.3) is 0 Å². The van der Waals surface area contributed by atoms with Crippen molar-refractivity contribution in [2.75, 3.05) is 243 Å². The molecule has 0 unspecified atom stereocenters. The van der Waals surface area contributed by atoms with Gasteiger partial charge in [-0.1, -0.05) is 85.6 Å². The maximum atomic E-state index is 11.6. The number of ether oxygens (including phenoxy) is 12. The number of hydrogen-bond acceptors (Lipinski definition) is 20. The minimum Gasteiger partial charge on any atom is -0.508 e. The number of aryl methyl sites for hydroxylation is 4. The zero-order valence-electron chi connectivity index (χ0n) is 79.9. The molecule has 0 saturated carbocycles. The van der Waals surface area contributed by atoms with Crippen LogP contribution < -0.4 is 33.5 Å². The van der Waals surface area contributed by atoms with E-state index in [0.29, 0.717) is 69.2 Å². The second kappa shape index (κ2) is 98.1. The molecule has 0 radical (unpaired) electrons. The third kappa shape index (κ3) is 94.6. The summed E-state index contributed by atoms with van der Waals surface area (Å²) in [5.74, 6) is 3.62. The summed E-state index contributed by atoms with van der Waals surface area (Å²) in [7, 11) is 23.1. The number of quaternary nitrogens is 2. The van der Waals surface area contributed by atoms with Crippen LogP contribution in [0.15, 0.2) is 150 Å². The Kier molecular flexibility index (Phi) is 112. The summed E-state index contributed by atoms with van der Waals surface area (Å²) in [6.45, 7) is 48.2. The first kappa shape index (κ1) is 134. The Morgan fingerprint density at radius 2 is 0.786 bits per heavy atom. The number of sulfone groups is 1. The van der Waals surface area contributed by atoms with Crippen LogP contribution >= 0.6 is 0 Å². The summed E-state index contributed by atoms with van der Waals surface area (Å²) in [6, 6.07) is 26.6. The maximum absolute atomic E-state index is 11.6. The third-order valence-corrected chi connectivity index (χ3v) is 17.0. The van der Waals surface area contributed by atoms with Gasteiger partial charge in [-0.15, -0.1) is 0 Å². The van der Waals surface area contributed by atoms with Crippen molar-refractivity contribution < 1.29 is 93.6 Å². The number of aliphatic hydroxyl groups excluding tert-OH is 1. The number of aromatic nitrogens is 4. The van der Waals surface area contributed by atoms with E-state index in [9.17, 15) is 18.3 Å². The number of likely N-dealkylation sites (N-methyl/N-ethyl adjacent to an activating group) is 2. The van der Waals surface area contributed by atoms with Crippen LogP contribution in [0.3, 0.4) is 0 Å². The molecular weight excluding hydrogens is 1510 g/mol. The molecule has 0 amide bonds. The van der Waals surface area contributed by atoms with Gasteiger partial charge in [-0.3, -0.25) is 9.78 Å². The number of rotatable bonds is 37. The largest absolute Gasteiger partial charge is 0.508 e. The topological polar surface area (TPSA) is 245 Å². The number of benzene rings is 2. The molecule has 0 saturated heterocycles. The number of methoxy groups -OCH3 is 8. The zero-order chi connectivity index (χ0) is 87.3. The Hall–Kier alpha value is -6.73. The molecule has 2 aromatic carbocycles. The Morgan fingerprint density at radius 3 is 1.03 bits per heavy atom. The highest BCUT2D eigenvalue weighted by molar-refractivity contribution is 7.91. The monoisotopic (exact) mass is 1690 g/mol. The minimum absolute atomic E-state index is 0. The van der Waals surface area contributed by atoms with Crippen molar-refractivity contribution in [1.29, 1.82) is 0 Å². The van der Waals surface area contributed by atoms with E-state index in [-0.39, 0.29) is 54.1 Å². The average Bonchev–Trinajstić information content (AvgIpc) is 0.844.